The molecule has 1 aromatic heterocycles. The number of rotatable bonds is 6. The van der Waals surface area contributed by atoms with E-state index in [0.717, 1.165) is 18.7 Å². The number of nitrogens with one attached hydrogen (secondary N) is 2. The number of nitrogens with zero attached hydrogens (tertiary/aromatic N) is 2. The minimum absolute atomic E-state index is 0.140. The van der Waals surface area contributed by atoms with Gasteiger partial charge < -0.3 is 15.2 Å². The highest BCUT2D eigenvalue weighted by Crippen LogP contribution is 2.21. The zero-order valence-corrected chi connectivity index (χ0v) is 14.0. The third-order valence-corrected chi connectivity index (χ3v) is 3.94. The Morgan fingerprint density at radius 2 is 2.04 bits per heavy atom. The van der Waals surface area contributed by atoms with E-state index in [1.165, 1.54) is 0 Å². The number of imidazole rings is 1. The van der Waals surface area contributed by atoms with Gasteiger partial charge in [-0.15, -0.1) is 0 Å². The number of carbonyl (C=O) groups is 2. The molecule has 1 saturated carbocycles. The molecule has 0 spiro atoms. The average Bonchev–Trinajstić information content (AvgIpc) is 3.23. The average molecular weight is 326 g/mol. The van der Waals surface area contributed by atoms with Crippen molar-refractivity contribution < 1.29 is 9.59 Å². The minimum Gasteiger partial charge on any atom is -0.349 e. The van der Waals surface area contributed by atoms with E-state index in [1.54, 1.807) is 36.7 Å². The lowest BCUT2D eigenvalue weighted by atomic mass is 10.1. The van der Waals surface area contributed by atoms with E-state index in [9.17, 15) is 9.59 Å². The first-order chi connectivity index (χ1) is 11.5. The Morgan fingerprint density at radius 1 is 1.29 bits per heavy atom. The van der Waals surface area contributed by atoms with Gasteiger partial charge in [-0.2, -0.15) is 0 Å². The Labute approximate surface area is 141 Å². The van der Waals surface area contributed by atoms with Gasteiger partial charge >= 0.3 is 0 Å². The summed E-state index contributed by atoms with van der Waals surface area (Å²) in [6, 6.07) is 7.35. The summed E-state index contributed by atoms with van der Waals surface area (Å²) in [6.07, 6.45) is 5.54. The van der Waals surface area contributed by atoms with Crippen LogP contribution in [0.5, 0.6) is 0 Å². The predicted octanol–water partition coefficient (Wildman–Crippen LogP) is 2.54. The maximum absolute atomic E-state index is 12.4. The molecule has 0 saturated heterocycles. The first kappa shape index (κ1) is 16.2. The number of benzene rings is 1. The second-order valence-electron chi connectivity index (χ2n) is 6.41. The fraction of sp³-hybridized carbons (Fsp3) is 0.389. The van der Waals surface area contributed by atoms with Crippen LogP contribution in [0.25, 0.3) is 0 Å². The highest BCUT2D eigenvalue weighted by molar-refractivity contribution is 6.03. The molecular weight excluding hydrogens is 304 g/mol. The molecule has 0 aliphatic heterocycles. The molecule has 24 heavy (non-hydrogen) atoms. The van der Waals surface area contributed by atoms with Crippen molar-refractivity contribution >= 4 is 17.5 Å². The van der Waals surface area contributed by atoms with Crippen LogP contribution in [-0.4, -0.2) is 27.4 Å². The molecule has 0 unspecified atom stereocenters. The number of aromatic nitrogens is 2. The van der Waals surface area contributed by atoms with Crippen molar-refractivity contribution in [2.24, 2.45) is 0 Å². The van der Waals surface area contributed by atoms with Gasteiger partial charge in [0.15, 0.2) is 0 Å². The Bertz CT molecular complexity index is 747. The molecule has 3 rings (SSSR count). The van der Waals surface area contributed by atoms with Crippen molar-refractivity contribution in [1.82, 2.24) is 14.9 Å². The molecule has 6 heteroatoms. The van der Waals surface area contributed by atoms with Crippen LogP contribution in [0.2, 0.25) is 0 Å². The van der Waals surface area contributed by atoms with Crippen LogP contribution in [0.15, 0.2) is 36.7 Å². The van der Waals surface area contributed by atoms with Gasteiger partial charge in [0.2, 0.25) is 5.91 Å². The topological polar surface area (TPSA) is 76.0 Å². The molecule has 1 fully saturated rings. The minimum atomic E-state index is -0.179. The fourth-order valence-electron chi connectivity index (χ4n) is 2.58. The first-order valence-corrected chi connectivity index (χ1v) is 8.25. The Kier molecular flexibility index (Phi) is 4.64. The zero-order valence-electron chi connectivity index (χ0n) is 14.0. The smallest absolute Gasteiger partial charge is 0.253 e. The van der Waals surface area contributed by atoms with E-state index in [1.807, 2.05) is 18.4 Å². The molecule has 6 nitrogen and oxygen atoms in total. The van der Waals surface area contributed by atoms with Crippen LogP contribution in [-0.2, 0) is 11.3 Å². The predicted molar refractivity (Wildman–Crippen MR) is 91.9 cm³/mol. The maximum Gasteiger partial charge on any atom is 0.253 e. The first-order valence-electron chi connectivity index (χ1n) is 8.25. The van der Waals surface area contributed by atoms with E-state index < -0.39 is 0 Å². The Hall–Kier alpha value is -2.63. The molecule has 2 N–H and O–H groups in total. The van der Waals surface area contributed by atoms with Gasteiger partial charge in [0.25, 0.3) is 5.91 Å². The molecule has 2 aromatic rings. The van der Waals surface area contributed by atoms with Crippen LogP contribution in [0.4, 0.5) is 5.69 Å². The van der Waals surface area contributed by atoms with Gasteiger partial charge in [0, 0.05) is 24.4 Å². The summed E-state index contributed by atoms with van der Waals surface area (Å²) in [5, 5.41) is 5.79. The van der Waals surface area contributed by atoms with E-state index >= 15 is 0 Å². The summed E-state index contributed by atoms with van der Waals surface area (Å²) in [5.41, 5.74) is 1.03. The fourth-order valence-corrected chi connectivity index (χ4v) is 2.58. The third-order valence-electron chi connectivity index (χ3n) is 3.94. The van der Waals surface area contributed by atoms with Crippen molar-refractivity contribution in [3.8, 4) is 0 Å². The van der Waals surface area contributed by atoms with Crippen molar-refractivity contribution in [3.05, 3.63) is 48.0 Å². The van der Waals surface area contributed by atoms with E-state index in [-0.39, 0.29) is 30.3 Å². The number of amides is 2. The number of anilines is 1. The Balaban J connectivity index is 1.70. The van der Waals surface area contributed by atoms with Crippen LogP contribution in [0.1, 0.15) is 48.8 Å². The number of carbonyl (C=O) groups excluding carboxylic acids is 2. The summed E-state index contributed by atoms with van der Waals surface area (Å²) in [4.78, 5) is 28.9. The molecule has 0 bridgehead atoms. The largest absolute Gasteiger partial charge is 0.349 e. The maximum atomic E-state index is 12.4. The summed E-state index contributed by atoms with van der Waals surface area (Å²) in [7, 11) is 0. The lowest BCUT2D eigenvalue weighted by Crippen LogP contribution is -2.27. The number of hydrogen-bond acceptors (Lipinski definition) is 3. The third kappa shape index (κ3) is 3.82. The summed E-state index contributed by atoms with van der Waals surface area (Å²) in [6.45, 7) is 4.24. The second-order valence-corrected chi connectivity index (χ2v) is 6.41. The molecule has 126 valence electrons. The van der Waals surface area contributed by atoms with E-state index in [4.69, 9.17) is 0 Å². The van der Waals surface area contributed by atoms with Crippen LogP contribution < -0.4 is 10.6 Å². The Morgan fingerprint density at radius 3 is 2.75 bits per heavy atom. The van der Waals surface area contributed by atoms with Crippen LogP contribution in [0, 0.1) is 0 Å². The van der Waals surface area contributed by atoms with Gasteiger partial charge in [-0.1, -0.05) is 26.0 Å². The van der Waals surface area contributed by atoms with Crippen molar-refractivity contribution in [1.29, 1.82) is 0 Å². The van der Waals surface area contributed by atoms with Crippen molar-refractivity contribution in [2.45, 2.75) is 45.2 Å². The van der Waals surface area contributed by atoms with Crippen LogP contribution in [0.3, 0.4) is 0 Å². The molecule has 2 amide bonds. The quantitative estimate of drug-likeness (QED) is 0.856. The van der Waals surface area contributed by atoms with Crippen molar-refractivity contribution in [3.63, 3.8) is 0 Å². The molecule has 1 heterocycles. The molecule has 1 aromatic carbocycles. The van der Waals surface area contributed by atoms with Gasteiger partial charge in [0.1, 0.15) is 12.4 Å². The van der Waals surface area contributed by atoms with Gasteiger partial charge in [-0.05, 0) is 25.0 Å². The lowest BCUT2D eigenvalue weighted by molar-refractivity contribution is -0.116. The van der Waals surface area contributed by atoms with Crippen molar-refractivity contribution in [2.75, 3.05) is 5.32 Å². The van der Waals surface area contributed by atoms with Gasteiger partial charge in [-0.3, -0.25) is 9.59 Å². The van der Waals surface area contributed by atoms with E-state index in [2.05, 4.69) is 15.6 Å². The lowest BCUT2D eigenvalue weighted by Gasteiger charge is -2.13. The normalized spacial score (nSPS) is 13.8. The SMILES string of the molecule is CC(C)c1nccn1CC(=O)Nc1ccccc1C(=O)NC1CC1. The summed E-state index contributed by atoms with van der Waals surface area (Å²) >= 11 is 0. The van der Waals surface area contributed by atoms with Crippen LogP contribution >= 0.6 is 0 Å². The summed E-state index contributed by atoms with van der Waals surface area (Å²) in [5.74, 6) is 0.787. The standard InChI is InChI=1S/C18H22N4O2/c1-12(2)17-19-9-10-22(17)11-16(23)21-15-6-4-3-5-14(15)18(24)20-13-7-8-13/h3-6,9-10,12-13H,7-8,11H2,1-2H3,(H,20,24)(H,21,23). The molecule has 0 radical (unpaired) electrons. The molecular formula is C18H22N4O2. The van der Waals surface area contributed by atoms with Gasteiger partial charge in [0.05, 0.1) is 11.3 Å². The van der Waals surface area contributed by atoms with E-state index in [0.29, 0.717) is 11.3 Å². The monoisotopic (exact) mass is 326 g/mol. The zero-order chi connectivity index (χ0) is 17.1. The molecule has 1 aliphatic carbocycles. The highest BCUT2D eigenvalue weighted by Gasteiger charge is 2.25. The number of hydrogen-bond donors (Lipinski definition) is 2. The highest BCUT2D eigenvalue weighted by atomic mass is 16.2. The summed E-state index contributed by atoms with van der Waals surface area (Å²) < 4.78 is 1.83. The van der Waals surface area contributed by atoms with Gasteiger partial charge in [-0.25, -0.2) is 4.98 Å². The molecule has 1 aliphatic rings. The second kappa shape index (κ2) is 6.86. The number of para-hydroxylation sites is 1. The molecule has 0 atom stereocenters.